The zero-order valence-electron chi connectivity index (χ0n) is 16.2. The zero-order chi connectivity index (χ0) is 18.3. The molecule has 1 unspecified atom stereocenters. The highest BCUT2D eigenvalue weighted by molar-refractivity contribution is 5.73. The third-order valence-electron chi connectivity index (χ3n) is 4.97. The van der Waals surface area contributed by atoms with E-state index in [1.165, 1.54) is 32.1 Å². The molecule has 25 heavy (non-hydrogen) atoms. The summed E-state index contributed by atoms with van der Waals surface area (Å²) in [5.41, 5.74) is 2.73. The molecule has 0 saturated heterocycles. The second kappa shape index (κ2) is 14.1. The molecule has 0 aromatic carbocycles. The van der Waals surface area contributed by atoms with Crippen molar-refractivity contribution in [3.8, 4) is 0 Å². The molecule has 5 nitrogen and oxygen atoms in total. The van der Waals surface area contributed by atoms with Crippen LogP contribution in [0.3, 0.4) is 0 Å². The molecule has 0 aromatic heterocycles. The highest BCUT2D eigenvalue weighted by Gasteiger charge is 2.24. The Labute approximate surface area is 153 Å². The fraction of sp³-hybridized carbons (Fsp3) is 0.900. The summed E-state index contributed by atoms with van der Waals surface area (Å²) in [7, 11) is 0. The minimum absolute atomic E-state index is 0.0147. The van der Waals surface area contributed by atoms with E-state index in [2.05, 4.69) is 12.4 Å². The molecule has 0 aromatic rings. The molecule has 0 spiro atoms. The van der Waals surface area contributed by atoms with Crippen LogP contribution in [0.4, 0.5) is 0 Å². The van der Waals surface area contributed by atoms with Crippen LogP contribution in [0.25, 0.3) is 0 Å². The molecule has 0 amide bonds. The van der Waals surface area contributed by atoms with Gasteiger partial charge < -0.3 is 9.57 Å². The second-order valence-electron chi connectivity index (χ2n) is 7.11. The molecule has 1 N–H and O–H groups in total. The molecule has 5 heteroatoms. The third kappa shape index (κ3) is 9.83. The summed E-state index contributed by atoms with van der Waals surface area (Å²) >= 11 is 0. The van der Waals surface area contributed by atoms with Crippen LogP contribution in [0, 0.1) is 11.8 Å². The van der Waals surface area contributed by atoms with Crippen LogP contribution in [0.5, 0.6) is 0 Å². The largest absolute Gasteiger partial charge is 0.466 e. The number of esters is 1. The standard InChI is InChI=1S/C20H37NO4/c1-3-5-6-7-8-10-15-18(19(22)24-4-2)16-21-25-20(23)17-13-11-9-12-14-17/h17-18,21H,3-16H2,1-2H3. The lowest BCUT2D eigenvalue weighted by atomic mass is 9.89. The smallest absolute Gasteiger partial charge is 0.327 e. The first kappa shape index (κ1) is 21.9. The molecule has 0 heterocycles. The van der Waals surface area contributed by atoms with Gasteiger partial charge in [0.2, 0.25) is 0 Å². The van der Waals surface area contributed by atoms with Crippen LogP contribution in [0.15, 0.2) is 0 Å². The van der Waals surface area contributed by atoms with E-state index >= 15 is 0 Å². The topological polar surface area (TPSA) is 64.6 Å². The second-order valence-corrected chi connectivity index (χ2v) is 7.11. The van der Waals surface area contributed by atoms with Gasteiger partial charge in [-0.2, -0.15) is 5.48 Å². The molecule has 1 fully saturated rings. The highest BCUT2D eigenvalue weighted by atomic mass is 16.7. The summed E-state index contributed by atoms with van der Waals surface area (Å²) in [5.74, 6) is -0.606. The maximum atomic E-state index is 12.1. The van der Waals surface area contributed by atoms with Crippen LogP contribution < -0.4 is 5.48 Å². The van der Waals surface area contributed by atoms with Gasteiger partial charge in [-0.25, -0.2) is 0 Å². The highest BCUT2D eigenvalue weighted by Crippen LogP contribution is 2.24. The molecule has 1 saturated carbocycles. The van der Waals surface area contributed by atoms with Gasteiger partial charge in [0.1, 0.15) is 0 Å². The molecule has 0 aliphatic heterocycles. The van der Waals surface area contributed by atoms with E-state index in [9.17, 15) is 9.59 Å². The number of carbonyl (C=O) groups is 2. The first-order valence-electron chi connectivity index (χ1n) is 10.3. The number of hydroxylamine groups is 1. The molecule has 1 atom stereocenters. The Morgan fingerprint density at radius 1 is 1.00 bits per heavy atom. The van der Waals surface area contributed by atoms with E-state index in [0.29, 0.717) is 13.2 Å². The van der Waals surface area contributed by atoms with Crippen molar-refractivity contribution < 1.29 is 19.2 Å². The van der Waals surface area contributed by atoms with Crippen molar-refractivity contribution in [2.45, 2.75) is 90.9 Å². The molecular formula is C20H37NO4. The summed E-state index contributed by atoms with van der Waals surface area (Å²) in [6.45, 7) is 4.74. The lowest BCUT2D eigenvalue weighted by molar-refractivity contribution is -0.160. The van der Waals surface area contributed by atoms with E-state index in [-0.39, 0.29) is 23.8 Å². The quantitative estimate of drug-likeness (QED) is 0.298. The Morgan fingerprint density at radius 3 is 2.36 bits per heavy atom. The van der Waals surface area contributed by atoms with Crippen molar-refractivity contribution in [3.05, 3.63) is 0 Å². The van der Waals surface area contributed by atoms with Crippen molar-refractivity contribution in [2.75, 3.05) is 13.2 Å². The van der Waals surface area contributed by atoms with Crippen LogP contribution in [0.1, 0.15) is 90.9 Å². The number of unbranched alkanes of at least 4 members (excludes halogenated alkanes) is 5. The van der Waals surface area contributed by atoms with E-state index in [0.717, 1.165) is 44.9 Å². The predicted octanol–water partition coefficient (Wildman–Crippen LogP) is 4.54. The minimum atomic E-state index is -0.245. The van der Waals surface area contributed by atoms with Gasteiger partial charge in [-0.05, 0) is 26.2 Å². The molecular weight excluding hydrogens is 318 g/mol. The average molecular weight is 356 g/mol. The SMILES string of the molecule is CCCCCCCCC(CNOC(=O)C1CCCCC1)C(=O)OCC. The Balaban J connectivity index is 2.27. The van der Waals surface area contributed by atoms with Gasteiger partial charge in [0.15, 0.2) is 0 Å². The minimum Gasteiger partial charge on any atom is -0.466 e. The van der Waals surface area contributed by atoms with Crippen molar-refractivity contribution in [1.29, 1.82) is 0 Å². The molecule has 0 radical (unpaired) electrons. The summed E-state index contributed by atoms with van der Waals surface area (Å²) in [4.78, 5) is 29.3. The third-order valence-corrected chi connectivity index (χ3v) is 4.97. The van der Waals surface area contributed by atoms with Gasteiger partial charge in [-0.1, -0.05) is 64.7 Å². The van der Waals surface area contributed by atoms with Crippen molar-refractivity contribution in [3.63, 3.8) is 0 Å². The molecule has 1 rings (SSSR count). The molecule has 1 aliphatic carbocycles. The van der Waals surface area contributed by atoms with Crippen LogP contribution in [0.2, 0.25) is 0 Å². The van der Waals surface area contributed by atoms with E-state index in [1.54, 1.807) is 0 Å². The van der Waals surface area contributed by atoms with Gasteiger partial charge >= 0.3 is 11.9 Å². The van der Waals surface area contributed by atoms with E-state index < -0.39 is 0 Å². The maximum Gasteiger partial charge on any atom is 0.327 e. The van der Waals surface area contributed by atoms with Gasteiger partial charge in [0.25, 0.3) is 0 Å². The predicted molar refractivity (Wildman–Crippen MR) is 98.8 cm³/mol. The summed E-state index contributed by atoms with van der Waals surface area (Å²) in [6.07, 6.45) is 13.2. The fourth-order valence-corrected chi connectivity index (χ4v) is 3.37. The van der Waals surface area contributed by atoms with Gasteiger partial charge in [0, 0.05) is 6.54 Å². The van der Waals surface area contributed by atoms with Crippen LogP contribution in [-0.2, 0) is 19.2 Å². The monoisotopic (exact) mass is 355 g/mol. The van der Waals surface area contributed by atoms with Gasteiger partial charge in [-0.15, -0.1) is 0 Å². The van der Waals surface area contributed by atoms with Crippen molar-refractivity contribution >= 4 is 11.9 Å². The van der Waals surface area contributed by atoms with E-state index in [1.807, 2.05) is 6.92 Å². The number of carbonyl (C=O) groups excluding carboxylic acids is 2. The molecule has 1 aliphatic rings. The number of nitrogens with one attached hydrogen (secondary N) is 1. The summed E-state index contributed by atoms with van der Waals surface area (Å²) in [5, 5.41) is 0. The first-order chi connectivity index (χ1) is 12.2. The van der Waals surface area contributed by atoms with Crippen LogP contribution in [-0.4, -0.2) is 25.1 Å². The average Bonchev–Trinajstić information content (AvgIpc) is 2.63. The summed E-state index contributed by atoms with van der Waals surface area (Å²) < 4.78 is 5.15. The Kier molecular flexibility index (Phi) is 12.4. The van der Waals surface area contributed by atoms with Crippen molar-refractivity contribution in [2.24, 2.45) is 11.8 Å². The molecule has 0 bridgehead atoms. The number of ether oxygens (including phenoxy) is 1. The summed E-state index contributed by atoms with van der Waals surface area (Å²) in [6, 6.07) is 0. The maximum absolute atomic E-state index is 12.1. The van der Waals surface area contributed by atoms with E-state index in [4.69, 9.17) is 9.57 Å². The Bertz CT molecular complexity index is 367. The van der Waals surface area contributed by atoms with Gasteiger partial charge in [0.05, 0.1) is 18.4 Å². The Morgan fingerprint density at radius 2 is 1.68 bits per heavy atom. The fourth-order valence-electron chi connectivity index (χ4n) is 3.37. The lowest BCUT2D eigenvalue weighted by Gasteiger charge is -2.21. The zero-order valence-corrected chi connectivity index (χ0v) is 16.2. The lowest BCUT2D eigenvalue weighted by Crippen LogP contribution is -2.34. The van der Waals surface area contributed by atoms with Crippen molar-refractivity contribution in [1.82, 2.24) is 5.48 Å². The Hall–Kier alpha value is -1.10. The number of hydrogen-bond donors (Lipinski definition) is 1. The first-order valence-corrected chi connectivity index (χ1v) is 10.3. The molecule has 146 valence electrons. The number of hydrogen-bond acceptors (Lipinski definition) is 5. The number of rotatable bonds is 13. The van der Waals surface area contributed by atoms with Crippen LogP contribution >= 0.6 is 0 Å². The normalized spacial score (nSPS) is 16.4. The van der Waals surface area contributed by atoms with Gasteiger partial charge in [-0.3, -0.25) is 9.59 Å².